The SMILES string of the molecule is CCOC(=O)CCc1ccc(OCc2ccccc2)c(Oc2ccc([C@@H](O)[C@H](O)COC(=O)C(C)(C)C)cc2)c1. The fourth-order valence-corrected chi connectivity index (χ4v) is 3.67. The van der Waals surface area contributed by atoms with E-state index in [1.807, 2.05) is 48.5 Å². The minimum absolute atomic E-state index is 0.247. The summed E-state index contributed by atoms with van der Waals surface area (Å²) in [6, 6.07) is 21.9. The summed E-state index contributed by atoms with van der Waals surface area (Å²) in [5.74, 6) is 0.761. The summed E-state index contributed by atoms with van der Waals surface area (Å²) in [6.07, 6.45) is -1.81. The summed E-state index contributed by atoms with van der Waals surface area (Å²) in [5, 5.41) is 20.9. The standard InChI is InChI=1S/C32H38O8/c1-5-37-29(34)18-12-22-11-17-27(38-20-23-9-7-6-8-10-23)28(19-22)40-25-15-13-24(14-16-25)30(35)26(33)21-39-31(36)32(2,3)4/h6-11,13-17,19,26,30,33,35H,5,12,18,20-21H2,1-4H3/t26-,30-/m1/s1. The van der Waals surface area contributed by atoms with Crippen LogP contribution in [0.4, 0.5) is 0 Å². The maximum Gasteiger partial charge on any atom is 0.311 e. The van der Waals surface area contributed by atoms with Crippen molar-refractivity contribution in [2.75, 3.05) is 13.2 Å². The van der Waals surface area contributed by atoms with Crippen LogP contribution in [-0.2, 0) is 32.1 Å². The lowest BCUT2D eigenvalue weighted by Gasteiger charge is -2.21. The summed E-state index contributed by atoms with van der Waals surface area (Å²) in [6.45, 7) is 7.28. The van der Waals surface area contributed by atoms with Crippen LogP contribution in [0, 0.1) is 5.41 Å². The van der Waals surface area contributed by atoms with Gasteiger partial charge >= 0.3 is 11.9 Å². The molecule has 214 valence electrons. The van der Waals surface area contributed by atoms with Gasteiger partial charge in [0.25, 0.3) is 0 Å². The number of carbonyl (C=O) groups excluding carboxylic acids is 2. The van der Waals surface area contributed by atoms with E-state index in [2.05, 4.69) is 0 Å². The summed E-state index contributed by atoms with van der Waals surface area (Å²) in [4.78, 5) is 23.8. The first-order valence-electron chi connectivity index (χ1n) is 13.3. The second-order valence-electron chi connectivity index (χ2n) is 10.4. The van der Waals surface area contributed by atoms with Crippen LogP contribution in [0.15, 0.2) is 72.8 Å². The van der Waals surface area contributed by atoms with Crippen LogP contribution in [0.25, 0.3) is 0 Å². The predicted molar refractivity (Wildman–Crippen MR) is 150 cm³/mol. The minimum atomic E-state index is -1.29. The number of rotatable bonds is 13. The largest absolute Gasteiger partial charge is 0.485 e. The molecule has 0 aliphatic carbocycles. The first-order valence-corrected chi connectivity index (χ1v) is 13.3. The Kier molecular flexibility index (Phi) is 11.1. The first kappa shape index (κ1) is 30.7. The number of carbonyl (C=O) groups is 2. The van der Waals surface area contributed by atoms with Crippen molar-refractivity contribution in [1.82, 2.24) is 0 Å². The zero-order chi connectivity index (χ0) is 29.1. The Balaban J connectivity index is 1.71. The molecule has 0 spiro atoms. The maximum absolute atomic E-state index is 12.0. The first-order chi connectivity index (χ1) is 19.1. The van der Waals surface area contributed by atoms with Gasteiger partial charge in [0.2, 0.25) is 0 Å². The highest BCUT2D eigenvalue weighted by atomic mass is 16.5. The van der Waals surface area contributed by atoms with E-state index in [-0.39, 0.29) is 19.0 Å². The molecule has 3 aromatic carbocycles. The number of aryl methyl sites for hydroxylation is 1. The quantitative estimate of drug-likeness (QED) is 0.267. The molecule has 8 nitrogen and oxygen atoms in total. The Morgan fingerprint density at radius 3 is 2.20 bits per heavy atom. The lowest BCUT2D eigenvalue weighted by Crippen LogP contribution is -2.30. The molecule has 0 unspecified atom stereocenters. The summed E-state index contributed by atoms with van der Waals surface area (Å²) in [7, 11) is 0. The molecule has 0 heterocycles. The normalized spacial score (nSPS) is 12.8. The van der Waals surface area contributed by atoms with Gasteiger partial charge in [0.15, 0.2) is 11.5 Å². The average molecular weight is 551 g/mol. The van der Waals surface area contributed by atoms with Crippen LogP contribution >= 0.6 is 0 Å². The van der Waals surface area contributed by atoms with Gasteiger partial charge in [-0.3, -0.25) is 9.59 Å². The second-order valence-corrected chi connectivity index (χ2v) is 10.4. The smallest absolute Gasteiger partial charge is 0.311 e. The second kappa shape index (κ2) is 14.5. The van der Waals surface area contributed by atoms with Gasteiger partial charge in [0.1, 0.15) is 31.2 Å². The van der Waals surface area contributed by atoms with Crippen LogP contribution in [0.1, 0.15) is 56.9 Å². The Bertz CT molecular complexity index is 1230. The molecule has 0 bridgehead atoms. The van der Waals surface area contributed by atoms with Crippen LogP contribution in [-0.4, -0.2) is 41.5 Å². The Hall–Kier alpha value is -3.88. The highest BCUT2D eigenvalue weighted by molar-refractivity contribution is 5.75. The topological polar surface area (TPSA) is 112 Å². The number of hydrogen-bond donors (Lipinski definition) is 2. The zero-order valence-corrected chi connectivity index (χ0v) is 23.5. The summed E-state index contributed by atoms with van der Waals surface area (Å²) < 4.78 is 22.4. The molecule has 8 heteroatoms. The van der Waals surface area contributed by atoms with Gasteiger partial charge < -0.3 is 29.2 Å². The summed E-state index contributed by atoms with van der Waals surface area (Å²) >= 11 is 0. The Labute approximate surface area is 235 Å². The van der Waals surface area contributed by atoms with Crippen molar-refractivity contribution in [3.05, 3.63) is 89.5 Å². The van der Waals surface area contributed by atoms with Gasteiger partial charge in [0, 0.05) is 6.42 Å². The highest BCUT2D eigenvalue weighted by Gasteiger charge is 2.26. The number of hydrogen-bond acceptors (Lipinski definition) is 8. The van der Waals surface area contributed by atoms with Gasteiger partial charge in [-0.25, -0.2) is 0 Å². The van der Waals surface area contributed by atoms with Crippen molar-refractivity contribution in [3.8, 4) is 17.2 Å². The number of aliphatic hydroxyl groups is 2. The molecule has 3 rings (SSSR count). The predicted octanol–water partition coefficient (Wildman–Crippen LogP) is 5.54. The monoisotopic (exact) mass is 550 g/mol. The van der Waals surface area contributed by atoms with Gasteiger partial charge in [-0.1, -0.05) is 48.5 Å². The molecule has 0 amide bonds. The van der Waals surface area contributed by atoms with Gasteiger partial charge in [-0.2, -0.15) is 0 Å². The average Bonchev–Trinajstić information content (AvgIpc) is 2.94. The minimum Gasteiger partial charge on any atom is -0.485 e. The van der Waals surface area contributed by atoms with E-state index >= 15 is 0 Å². The van der Waals surface area contributed by atoms with Crippen LogP contribution < -0.4 is 9.47 Å². The van der Waals surface area contributed by atoms with Gasteiger partial charge in [-0.05, 0) is 75.1 Å². The van der Waals surface area contributed by atoms with Crippen LogP contribution in [0.3, 0.4) is 0 Å². The van der Waals surface area contributed by atoms with Gasteiger partial charge in [0.05, 0.1) is 12.0 Å². The van der Waals surface area contributed by atoms with Crippen molar-refractivity contribution in [3.63, 3.8) is 0 Å². The molecule has 0 aromatic heterocycles. The lowest BCUT2D eigenvalue weighted by atomic mass is 9.97. The number of esters is 2. The maximum atomic E-state index is 12.0. The zero-order valence-electron chi connectivity index (χ0n) is 23.5. The van der Waals surface area contributed by atoms with E-state index in [9.17, 15) is 19.8 Å². The third-order valence-corrected chi connectivity index (χ3v) is 5.98. The molecule has 0 radical (unpaired) electrons. The molecule has 3 aromatic rings. The molecule has 0 fully saturated rings. The third kappa shape index (κ3) is 9.39. The van der Waals surface area contributed by atoms with E-state index in [0.29, 0.717) is 42.4 Å². The number of ether oxygens (including phenoxy) is 4. The fourth-order valence-electron chi connectivity index (χ4n) is 3.67. The molecule has 0 aliphatic rings. The van der Waals surface area contributed by atoms with E-state index in [0.717, 1.165) is 11.1 Å². The number of benzene rings is 3. The highest BCUT2D eigenvalue weighted by Crippen LogP contribution is 2.34. The van der Waals surface area contributed by atoms with Crippen LogP contribution in [0.2, 0.25) is 0 Å². The van der Waals surface area contributed by atoms with Crippen molar-refractivity contribution >= 4 is 11.9 Å². The Morgan fingerprint density at radius 2 is 1.55 bits per heavy atom. The molecule has 2 N–H and O–H groups in total. The van der Waals surface area contributed by atoms with Crippen molar-refractivity contribution < 1.29 is 38.7 Å². The van der Waals surface area contributed by atoms with Crippen molar-refractivity contribution in [1.29, 1.82) is 0 Å². The molecule has 40 heavy (non-hydrogen) atoms. The number of aliphatic hydroxyl groups excluding tert-OH is 2. The van der Waals surface area contributed by atoms with E-state index < -0.39 is 23.6 Å². The fraction of sp³-hybridized carbons (Fsp3) is 0.375. The van der Waals surface area contributed by atoms with Crippen molar-refractivity contribution in [2.24, 2.45) is 5.41 Å². The molecular formula is C32H38O8. The van der Waals surface area contributed by atoms with Crippen LogP contribution in [0.5, 0.6) is 17.2 Å². The van der Waals surface area contributed by atoms with E-state index in [1.54, 1.807) is 52.0 Å². The van der Waals surface area contributed by atoms with E-state index in [4.69, 9.17) is 18.9 Å². The lowest BCUT2D eigenvalue weighted by molar-refractivity contribution is -0.158. The molecule has 2 atom stereocenters. The molecular weight excluding hydrogens is 512 g/mol. The third-order valence-electron chi connectivity index (χ3n) is 5.98. The van der Waals surface area contributed by atoms with E-state index in [1.165, 1.54) is 0 Å². The van der Waals surface area contributed by atoms with Gasteiger partial charge in [-0.15, -0.1) is 0 Å². The Morgan fingerprint density at radius 1 is 0.850 bits per heavy atom. The molecule has 0 saturated heterocycles. The van der Waals surface area contributed by atoms with Crippen molar-refractivity contribution in [2.45, 2.75) is 59.4 Å². The summed E-state index contributed by atoms with van der Waals surface area (Å²) in [5.41, 5.74) is 1.62. The molecule has 0 aliphatic heterocycles. The molecule has 0 saturated carbocycles.